The number of hydrogen-bond donors (Lipinski definition) is 1. The van der Waals surface area contributed by atoms with Gasteiger partial charge >= 0.3 is 0 Å². The molecule has 0 radical (unpaired) electrons. The summed E-state index contributed by atoms with van der Waals surface area (Å²) in [6.07, 6.45) is 0. The first-order chi connectivity index (χ1) is 9.56. The third-order valence-corrected chi connectivity index (χ3v) is 3.71. The number of benzene rings is 1. The van der Waals surface area contributed by atoms with Crippen LogP contribution in [0, 0.1) is 13.8 Å². The van der Waals surface area contributed by atoms with E-state index in [1.54, 1.807) is 13.2 Å². The molecule has 6 heteroatoms. The van der Waals surface area contributed by atoms with E-state index in [1.165, 1.54) is 0 Å². The lowest BCUT2D eigenvalue weighted by atomic mass is 10.1. The van der Waals surface area contributed by atoms with Crippen molar-refractivity contribution in [3.8, 4) is 17.4 Å². The van der Waals surface area contributed by atoms with Crippen molar-refractivity contribution in [3.63, 3.8) is 0 Å². The molecule has 0 fully saturated rings. The highest BCUT2D eigenvalue weighted by Crippen LogP contribution is 2.33. The standard InChI is InChI=1S/C14H16BrN3O2/c1-8-9(2)17-18-14(11(8)7-16)20-13-5-4-10(19-3)6-12(13)15/h4-6H,7,16H2,1-3H3. The smallest absolute Gasteiger partial charge is 0.243 e. The van der Waals surface area contributed by atoms with Crippen LogP contribution in [0.4, 0.5) is 0 Å². The molecule has 0 saturated heterocycles. The fraction of sp³-hybridized carbons (Fsp3) is 0.286. The average molecular weight is 338 g/mol. The maximum atomic E-state index is 5.81. The first kappa shape index (κ1) is 14.7. The molecule has 2 N–H and O–H groups in total. The van der Waals surface area contributed by atoms with Gasteiger partial charge < -0.3 is 15.2 Å². The van der Waals surface area contributed by atoms with Crippen LogP contribution in [-0.4, -0.2) is 17.3 Å². The third kappa shape index (κ3) is 2.91. The van der Waals surface area contributed by atoms with E-state index < -0.39 is 0 Å². The number of aryl methyl sites for hydroxylation is 1. The SMILES string of the molecule is COc1ccc(Oc2nnc(C)c(C)c2CN)c(Br)c1. The van der Waals surface area contributed by atoms with Gasteiger partial charge in [-0.1, -0.05) is 0 Å². The predicted octanol–water partition coefficient (Wildman–Crippen LogP) is 3.12. The molecule has 20 heavy (non-hydrogen) atoms. The fourth-order valence-electron chi connectivity index (χ4n) is 1.75. The molecule has 0 unspecified atom stereocenters. The lowest BCUT2D eigenvalue weighted by molar-refractivity contribution is 0.410. The molecule has 106 valence electrons. The zero-order valence-electron chi connectivity index (χ0n) is 11.6. The molecular weight excluding hydrogens is 322 g/mol. The number of halogens is 1. The molecule has 0 saturated carbocycles. The van der Waals surface area contributed by atoms with E-state index in [4.69, 9.17) is 15.2 Å². The summed E-state index contributed by atoms with van der Waals surface area (Å²) in [6, 6.07) is 5.45. The number of nitrogens with two attached hydrogens (primary N) is 1. The lowest BCUT2D eigenvalue weighted by Gasteiger charge is -2.13. The maximum absolute atomic E-state index is 5.81. The van der Waals surface area contributed by atoms with Crippen molar-refractivity contribution in [3.05, 3.63) is 39.5 Å². The molecular formula is C14H16BrN3O2. The summed E-state index contributed by atoms with van der Waals surface area (Å²) in [5.41, 5.74) is 8.49. The molecule has 2 aromatic rings. The van der Waals surface area contributed by atoms with Crippen molar-refractivity contribution >= 4 is 15.9 Å². The predicted molar refractivity (Wildman–Crippen MR) is 80.2 cm³/mol. The first-order valence-corrected chi connectivity index (χ1v) is 6.90. The van der Waals surface area contributed by atoms with Crippen molar-refractivity contribution in [1.82, 2.24) is 10.2 Å². The Hall–Kier alpha value is -1.66. The van der Waals surface area contributed by atoms with Crippen LogP contribution in [0.2, 0.25) is 0 Å². The molecule has 0 spiro atoms. The van der Waals surface area contributed by atoms with Crippen molar-refractivity contribution in [2.75, 3.05) is 7.11 Å². The Morgan fingerprint density at radius 3 is 2.60 bits per heavy atom. The van der Waals surface area contributed by atoms with Gasteiger partial charge in [0, 0.05) is 12.1 Å². The Morgan fingerprint density at radius 2 is 2.00 bits per heavy atom. The second-order valence-corrected chi connectivity index (χ2v) is 5.15. The second kappa shape index (κ2) is 6.19. The minimum atomic E-state index is 0.352. The van der Waals surface area contributed by atoms with Crippen LogP contribution < -0.4 is 15.2 Å². The minimum absolute atomic E-state index is 0.352. The highest BCUT2D eigenvalue weighted by Gasteiger charge is 2.13. The van der Waals surface area contributed by atoms with Crippen LogP contribution in [0.25, 0.3) is 0 Å². The van der Waals surface area contributed by atoms with Crippen LogP contribution in [-0.2, 0) is 6.54 Å². The molecule has 1 heterocycles. The number of rotatable bonds is 4. The van der Waals surface area contributed by atoms with E-state index in [9.17, 15) is 0 Å². The summed E-state index contributed by atoms with van der Waals surface area (Å²) in [4.78, 5) is 0. The van der Waals surface area contributed by atoms with Gasteiger partial charge in [-0.15, -0.1) is 5.10 Å². The van der Waals surface area contributed by atoms with Gasteiger partial charge in [0.05, 0.1) is 17.3 Å². The molecule has 1 aromatic heterocycles. The van der Waals surface area contributed by atoms with E-state index >= 15 is 0 Å². The summed E-state index contributed by atoms with van der Waals surface area (Å²) in [6.45, 7) is 4.21. The summed E-state index contributed by atoms with van der Waals surface area (Å²) < 4.78 is 11.7. The van der Waals surface area contributed by atoms with Gasteiger partial charge in [-0.3, -0.25) is 0 Å². The van der Waals surface area contributed by atoms with Crippen molar-refractivity contribution in [1.29, 1.82) is 0 Å². The van der Waals surface area contributed by atoms with Crippen LogP contribution in [0.15, 0.2) is 22.7 Å². The molecule has 0 amide bonds. The van der Waals surface area contributed by atoms with E-state index in [0.29, 0.717) is 18.2 Å². The van der Waals surface area contributed by atoms with Crippen LogP contribution >= 0.6 is 15.9 Å². The Kier molecular flexibility index (Phi) is 4.57. The largest absolute Gasteiger partial charge is 0.497 e. The maximum Gasteiger partial charge on any atom is 0.243 e. The van der Waals surface area contributed by atoms with Crippen molar-refractivity contribution in [2.45, 2.75) is 20.4 Å². The fourth-order valence-corrected chi connectivity index (χ4v) is 2.19. The molecule has 2 rings (SSSR count). The zero-order valence-corrected chi connectivity index (χ0v) is 13.2. The second-order valence-electron chi connectivity index (χ2n) is 4.30. The quantitative estimate of drug-likeness (QED) is 0.928. The average Bonchev–Trinajstić information content (AvgIpc) is 2.45. The Morgan fingerprint density at radius 1 is 1.25 bits per heavy atom. The molecule has 0 aliphatic heterocycles. The number of hydrogen-bond acceptors (Lipinski definition) is 5. The van der Waals surface area contributed by atoms with Crippen molar-refractivity contribution < 1.29 is 9.47 Å². The van der Waals surface area contributed by atoms with Gasteiger partial charge in [0.15, 0.2) is 0 Å². The van der Waals surface area contributed by atoms with Crippen molar-refractivity contribution in [2.24, 2.45) is 5.73 Å². The summed E-state index contributed by atoms with van der Waals surface area (Å²) in [5, 5.41) is 8.16. The number of aromatic nitrogens is 2. The molecule has 0 aliphatic rings. The van der Waals surface area contributed by atoms with Gasteiger partial charge in [0.25, 0.3) is 0 Å². The van der Waals surface area contributed by atoms with Crippen LogP contribution in [0.3, 0.4) is 0 Å². The summed E-state index contributed by atoms with van der Waals surface area (Å²) >= 11 is 3.44. The highest BCUT2D eigenvalue weighted by molar-refractivity contribution is 9.10. The molecule has 0 bridgehead atoms. The molecule has 5 nitrogen and oxygen atoms in total. The van der Waals surface area contributed by atoms with E-state index in [2.05, 4.69) is 26.1 Å². The number of nitrogens with zero attached hydrogens (tertiary/aromatic N) is 2. The van der Waals surface area contributed by atoms with Crippen LogP contribution in [0.1, 0.15) is 16.8 Å². The topological polar surface area (TPSA) is 70.3 Å². The van der Waals surface area contributed by atoms with Gasteiger partial charge in [0.1, 0.15) is 11.5 Å². The minimum Gasteiger partial charge on any atom is -0.497 e. The molecule has 1 aromatic carbocycles. The van der Waals surface area contributed by atoms with Crippen LogP contribution in [0.5, 0.6) is 17.4 Å². The third-order valence-electron chi connectivity index (χ3n) is 3.09. The van der Waals surface area contributed by atoms with Gasteiger partial charge in [0.2, 0.25) is 5.88 Å². The Balaban J connectivity index is 2.37. The Labute approximate surface area is 126 Å². The van der Waals surface area contributed by atoms with Gasteiger partial charge in [-0.05, 0) is 53.5 Å². The molecule has 0 aliphatic carbocycles. The van der Waals surface area contributed by atoms with E-state index in [-0.39, 0.29) is 0 Å². The molecule has 0 atom stereocenters. The summed E-state index contributed by atoms with van der Waals surface area (Å²) in [5.74, 6) is 1.81. The first-order valence-electron chi connectivity index (χ1n) is 6.11. The highest BCUT2D eigenvalue weighted by atomic mass is 79.9. The number of methoxy groups -OCH3 is 1. The van der Waals surface area contributed by atoms with Gasteiger partial charge in [-0.2, -0.15) is 5.10 Å². The Bertz CT molecular complexity index is 632. The number of ether oxygens (including phenoxy) is 2. The van der Waals surface area contributed by atoms with E-state index in [0.717, 1.165) is 27.0 Å². The monoisotopic (exact) mass is 337 g/mol. The normalized spacial score (nSPS) is 10.4. The van der Waals surface area contributed by atoms with Gasteiger partial charge in [-0.25, -0.2) is 0 Å². The lowest BCUT2D eigenvalue weighted by Crippen LogP contribution is -2.07. The van der Waals surface area contributed by atoms with E-state index in [1.807, 2.05) is 26.0 Å². The summed E-state index contributed by atoms with van der Waals surface area (Å²) in [7, 11) is 1.61. The zero-order chi connectivity index (χ0) is 14.7.